The van der Waals surface area contributed by atoms with Crippen molar-refractivity contribution >= 4 is 43.6 Å². The summed E-state index contributed by atoms with van der Waals surface area (Å²) in [5.41, 5.74) is -14.8. The molecule has 0 N–H and O–H groups in total. The maximum Gasteiger partial charge on any atom is 0.416 e. The van der Waals surface area contributed by atoms with E-state index in [9.17, 15) is 84.3 Å². The van der Waals surface area contributed by atoms with Crippen molar-refractivity contribution in [3.63, 3.8) is 0 Å². The van der Waals surface area contributed by atoms with Crippen molar-refractivity contribution in [3.8, 4) is 28.6 Å². The zero-order chi connectivity index (χ0) is 46.9. The minimum absolute atomic E-state index is 0.207. The van der Waals surface area contributed by atoms with Crippen molar-refractivity contribution in [2.75, 3.05) is 0 Å². The molecule has 0 amide bonds. The largest absolute Gasteiger partial charge is 0.416 e. The quantitative estimate of drug-likeness (QED) is 0.163. The molecule has 21 heteroatoms. The van der Waals surface area contributed by atoms with Crippen molar-refractivity contribution in [1.82, 2.24) is 9.13 Å². The van der Waals surface area contributed by atoms with Gasteiger partial charge in [0, 0.05) is 27.1 Å². The maximum absolute atomic E-state index is 14.5. The third-order valence-electron chi connectivity index (χ3n) is 10.4. The van der Waals surface area contributed by atoms with Crippen LogP contribution in [0.3, 0.4) is 0 Å². The number of rotatable bonds is 3. The van der Waals surface area contributed by atoms with Gasteiger partial charge in [0.25, 0.3) is 0 Å². The summed E-state index contributed by atoms with van der Waals surface area (Å²) in [5.74, 6) is 0. The summed E-state index contributed by atoms with van der Waals surface area (Å²) in [4.78, 5) is 0. The predicted octanol–water partition coefficient (Wildman–Crippen LogP) is 15.5. The molecule has 64 heavy (non-hydrogen) atoms. The number of fused-ring (bicyclic) bond motifs is 6. The zero-order valence-electron chi connectivity index (χ0n) is 31.0. The smallest absolute Gasteiger partial charge is 0.308 e. The van der Waals surface area contributed by atoms with Gasteiger partial charge in [-0.15, -0.1) is 0 Å². The molecular formula is C43H17F18N3. The lowest BCUT2D eigenvalue weighted by atomic mass is 9.94. The van der Waals surface area contributed by atoms with Gasteiger partial charge in [0.2, 0.25) is 0 Å². The van der Waals surface area contributed by atoms with Gasteiger partial charge in [-0.2, -0.15) is 84.3 Å². The van der Waals surface area contributed by atoms with Crippen LogP contribution in [0.2, 0.25) is 0 Å². The average molecular weight is 918 g/mol. The van der Waals surface area contributed by atoms with Crippen LogP contribution in [0.15, 0.2) is 103 Å². The molecule has 2 aromatic heterocycles. The standard InChI is InChI=1S/C43H17F18N3/c44-38(45,46)21-1-5-31-27(14-21)28-15-22(39(47,48)49)2-6-32(28)63(31)35-9-19(18-62)10-36(37(35)20-11-25(42(56,57)58)13-26(12-20)43(59,60)61)64-33-7-3-23(40(50,51)52)16-29(33)30-17-24(41(53,54)55)4-8-34(30)64/h1-17H. The molecule has 0 saturated carbocycles. The first-order chi connectivity index (χ1) is 29.5. The van der Waals surface area contributed by atoms with Crippen LogP contribution >= 0.6 is 0 Å². The van der Waals surface area contributed by atoms with Gasteiger partial charge in [0.1, 0.15) is 0 Å². The van der Waals surface area contributed by atoms with Gasteiger partial charge < -0.3 is 9.13 Å². The van der Waals surface area contributed by atoms with Crippen molar-refractivity contribution in [2.45, 2.75) is 37.1 Å². The SMILES string of the molecule is N#Cc1cc(-n2c3ccc(C(F)(F)F)cc3c3cc(C(F)(F)F)ccc32)c(-c2cc(C(F)(F)F)cc(C(F)(F)F)c2)c(-n2c3ccc(C(F)(F)F)cc3c3cc(C(F)(F)F)ccc32)c1. The van der Waals surface area contributed by atoms with Gasteiger partial charge in [-0.05, 0) is 109 Å². The fraction of sp³-hybridized carbons (Fsp3) is 0.140. The number of alkyl halides is 18. The molecule has 0 spiro atoms. The molecule has 6 aromatic carbocycles. The van der Waals surface area contributed by atoms with E-state index in [2.05, 4.69) is 0 Å². The third-order valence-corrected chi connectivity index (χ3v) is 10.4. The minimum atomic E-state index is -5.54. The fourth-order valence-corrected chi connectivity index (χ4v) is 7.70. The van der Waals surface area contributed by atoms with E-state index in [-0.39, 0.29) is 18.2 Å². The molecule has 8 aromatic rings. The van der Waals surface area contributed by atoms with Gasteiger partial charge in [-0.25, -0.2) is 0 Å². The molecule has 3 nitrogen and oxygen atoms in total. The monoisotopic (exact) mass is 917 g/mol. The highest BCUT2D eigenvalue weighted by molar-refractivity contribution is 6.12. The van der Waals surface area contributed by atoms with E-state index in [0.717, 1.165) is 45.5 Å². The Kier molecular flexibility index (Phi) is 9.63. The highest BCUT2D eigenvalue weighted by atomic mass is 19.4. The Morgan fingerprint density at radius 2 is 0.594 bits per heavy atom. The van der Waals surface area contributed by atoms with E-state index >= 15 is 0 Å². The lowest BCUT2D eigenvalue weighted by Crippen LogP contribution is -2.12. The summed E-state index contributed by atoms with van der Waals surface area (Å²) in [5, 5.41) is 8.07. The second-order valence-electron chi connectivity index (χ2n) is 14.4. The third kappa shape index (κ3) is 7.47. The van der Waals surface area contributed by atoms with Crippen LogP contribution in [-0.2, 0) is 37.1 Å². The number of halogens is 18. The minimum Gasteiger partial charge on any atom is -0.308 e. The summed E-state index contributed by atoms with van der Waals surface area (Å²) in [6.45, 7) is 0. The zero-order valence-corrected chi connectivity index (χ0v) is 31.0. The molecule has 0 saturated heterocycles. The molecule has 0 aliphatic heterocycles. The number of aromatic nitrogens is 2. The second-order valence-corrected chi connectivity index (χ2v) is 14.4. The Bertz CT molecular complexity index is 2910. The number of nitrogens with zero attached hydrogens (tertiary/aromatic N) is 3. The van der Waals surface area contributed by atoms with E-state index in [1.807, 2.05) is 0 Å². The molecule has 0 aliphatic carbocycles. The van der Waals surface area contributed by atoms with Gasteiger partial charge in [0.05, 0.1) is 78.5 Å². The summed E-state index contributed by atoms with van der Waals surface area (Å²) >= 11 is 0. The van der Waals surface area contributed by atoms with E-state index in [4.69, 9.17) is 0 Å². The van der Waals surface area contributed by atoms with E-state index < -0.39 is 142 Å². The number of nitriles is 1. The first kappa shape index (κ1) is 43.8. The van der Waals surface area contributed by atoms with E-state index in [1.165, 1.54) is 0 Å². The Balaban J connectivity index is 1.63. The van der Waals surface area contributed by atoms with Crippen LogP contribution in [0.5, 0.6) is 0 Å². The van der Waals surface area contributed by atoms with Gasteiger partial charge >= 0.3 is 37.1 Å². The normalized spacial score (nSPS) is 13.5. The van der Waals surface area contributed by atoms with Crippen LogP contribution in [0.25, 0.3) is 66.1 Å². The van der Waals surface area contributed by atoms with Gasteiger partial charge in [-0.3, -0.25) is 0 Å². The van der Waals surface area contributed by atoms with Crippen LogP contribution < -0.4 is 0 Å². The summed E-state index contributed by atoms with van der Waals surface area (Å²) < 4.78 is 258. The fourth-order valence-electron chi connectivity index (χ4n) is 7.70. The number of hydrogen-bond donors (Lipinski definition) is 0. The molecule has 330 valence electrons. The van der Waals surface area contributed by atoms with Crippen molar-refractivity contribution in [1.29, 1.82) is 5.26 Å². The van der Waals surface area contributed by atoms with Gasteiger partial charge in [0.15, 0.2) is 0 Å². The van der Waals surface area contributed by atoms with E-state index in [1.54, 1.807) is 6.07 Å². The summed E-state index contributed by atoms with van der Waals surface area (Å²) in [6, 6.07) is 10.2. The van der Waals surface area contributed by atoms with Crippen LogP contribution in [0.1, 0.15) is 38.9 Å². The molecule has 2 heterocycles. The summed E-state index contributed by atoms with van der Waals surface area (Å²) in [6.07, 6.45) is -31.5. The first-order valence-corrected chi connectivity index (χ1v) is 17.8. The molecule has 0 unspecified atom stereocenters. The second kappa shape index (κ2) is 14.1. The lowest BCUT2D eigenvalue weighted by Gasteiger charge is -2.22. The Morgan fingerprint density at radius 1 is 0.328 bits per heavy atom. The Morgan fingerprint density at radius 3 is 0.828 bits per heavy atom. The average Bonchev–Trinajstić information content (AvgIpc) is 3.69. The Hall–Kier alpha value is -6.85. The van der Waals surface area contributed by atoms with E-state index in [0.29, 0.717) is 48.5 Å². The maximum atomic E-state index is 14.5. The molecule has 8 rings (SSSR count). The van der Waals surface area contributed by atoms with Crippen LogP contribution in [0.4, 0.5) is 79.0 Å². The lowest BCUT2D eigenvalue weighted by molar-refractivity contribution is -0.143. The summed E-state index contributed by atoms with van der Waals surface area (Å²) in [7, 11) is 0. The molecule has 0 fully saturated rings. The predicted molar refractivity (Wildman–Crippen MR) is 195 cm³/mol. The van der Waals surface area contributed by atoms with Crippen molar-refractivity contribution < 1.29 is 79.0 Å². The molecule has 0 atom stereocenters. The Labute approximate surface area is 344 Å². The van der Waals surface area contributed by atoms with Crippen molar-refractivity contribution in [3.05, 3.63) is 142 Å². The van der Waals surface area contributed by atoms with Crippen molar-refractivity contribution in [2.24, 2.45) is 0 Å². The highest BCUT2D eigenvalue weighted by Crippen LogP contribution is 2.48. The highest BCUT2D eigenvalue weighted by Gasteiger charge is 2.39. The van der Waals surface area contributed by atoms with Crippen LogP contribution in [0, 0.1) is 11.3 Å². The molecule has 0 radical (unpaired) electrons. The molecule has 0 aliphatic rings. The first-order valence-electron chi connectivity index (χ1n) is 17.8. The topological polar surface area (TPSA) is 33.6 Å². The van der Waals surface area contributed by atoms with Gasteiger partial charge in [-0.1, -0.05) is 0 Å². The van der Waals surface area contributed by atoms with Crippen LogP contribution in [-0.4, -0.2) is 9.13 Å². The molecular weight excluding hydrogens is 900 g/mol. The number of hydrogen-bond acceptors (Lipinski definition) is 1. The molecule has 0 bridgehead atoms. The number of benzene rings is 6.